The van der Waals surface area contributed by atoms with E-state index in [2.05, 4.69) is 11.1 Å². The van der Waals surface area contributed by atoms with Crippen LogP contribution in [0, 0.1) is 24.2 Å². The largest absolute Gasteiger partial charge is 0.466 e. The van der Waals surface area contributed by atoms with E-state index in [1.54, 1.807) is 11.8 Å². The number of piperidine rings is 1. The van der Waals surface area contributed by atoms with Crippen LogP contribution in [0.4, 0.5) is 11.5 Å². The molecule has 0 saturated carbocycles. The molecule has 0 aliphatic carbocycles. The second kappa shape index (κ2) is 9.08. The van der Waals surface area contributed by atoms with Gasteiger partial charge in [-0.1, -0.05) is 29.8 Å². The van der Waals surface area contributed by atoms with Crippen LogP contribution in [0.25, 0.3) is 21.3 Å². The molecular weight excluding hydrogens is 438 g/mol. The summed E-state index contributed by atoms with van der Waals surface area (Å²) in [5, 5.41) is 10.3. The number of ether oxygens (including phenoxy) is 1. The van der Waals surface area contributed by atoms with Gasteiger partial charge in [-0.05, 0) is 32.3 Å². The molecule has 0 spiro atoms. The van der Waals surface area contributed by atoms with Gasteiger partial charge in [0, 0.05) is 24.0 Å². The zero-order chi connectivity index (χ0) is 23.7. The zero-order valence-corrected chi connectivity index (χ0v) is 19.4. The first-order valence-corrected chi connectivity index (χ1v) is 11.6. The van der Waals surface area contributed by atoms with Crippen molar-refractivity contribution in [1.29, 1.82) is 5.26 Å². The van der Waals surface area contributed by atoms with Crippen LogP contribution in [0.5, 0.6) is 0 Å². The van der Waals surface area contributed by atoms with E-state index in [1.807, 2.05) is 31.2 Å². The number of nitrogens with two attached hydrogens (primary N) is 2. The van der Waals surface area contributed by atoms with Crippen LogP contribution in [0.15, 0.2) is 24.3 Å². The summed E-state index contributed by atoms with van der Waals surface area (Å²) in [5.74, 6) is -0.500. The van der Waals surface area contributed by atoms with E-state index in [9.17, 15) is 14.9 Å². The standard InChI is InChI=1S/C24H25N5O3S/c1-3-32-24(31)15-8-10-29(11-9-15)23(30)20-19(26)18-17(14-6-4-13(2)5-7-14)16(12-25)21(27)28-22(18)33-20/h4-7,15H,3,8-11,26H2,1-2H3,(H2,27,28). The lowest BCUT2D eigenvalue weighted by atomic mass is 9.96. The summed E-state index contributed by atoms with van der Waals surface area (Å²) in [6.07, 6.45) is 1.10. The molecule has 1 aromatic carbocycles. The van der Waals surface area contributed by atoms with Gasteiger partial charge < -0.3 is 21.1 Å². The molecule has 3 heterocycles. The maximum atomic E-state index is 13.3. The number of carbonyl (C=O) groups is 2. The Hall–Kier alpha value is -3.64. The monoisotopic (exact) mass is 463 g/mol. The lowest BCUT2D eigenvalue weighted by molar-refractivity contribution is -0.149. The van der Waals surface area contributed by atoms with Crippen LogP contribution >= 0.6 is 11.3 Å². The number of nitrogens with zero attached hydrogens (tertiary/aromatic N) is 3. The third-order valence-electron chi connectivity index (χ3n) is 5.95. The molecule has 0 radical (unpaired) electrons. The summed E-state index contributed by atoms with van der Waals surface area (Å²) >= 11 is 1.18. The molecule has 3 aromatic rings. The Bertz CT molecular complexity index is 1270. The molecule has 0 atom stereocenters. The van der Waals surface area contributed by atoms with Crippen molar-refractivity contribution in [3.8, 4) is 17.2 Å². The number of aryl methyl sites for hydroxylation is 1. The van der Waals surface area contributed by atoms with Crippen molar-refractivity contribution in [2.75, 3.05) is 31.2 Å². The second-order valence-electron chi connectivity index (χ2n) is 8.07. The van der Waals surface area contributed by atoms with Crippen molar-refractivity contribution >= 4 is 44.9 Å². The molecule has 4 N–H and O–H groups in total. The number of carbonyl (C=O) groups excluding carboxylic acids is 2. The van der Waals surface area contributed by atoms with Gasteiger partial charge in [0.2, 0.25) is 0 Å². The van der Waals surface area contributed by atoms with Gasteiger partial charge in [-0.25, -0.2) is 4.98 Å². The summed E-state index contributed by atoms with van der Waals surface area (Å²) in [5.41, 5.74) is 15.6. The van der Waals surface area contributed by atoms with E-state index in [-0.39, 0.29) is 29.2 Å². The van der Waals surface area contributed by atoms with Crippen molar-refractivity contribution in [1.82, 2.24) is 9.88 Å². The quantitative estimate of drug-likeness (QED) is 0.563. The number of amides is 1. The first-order valence-electron chi connectivity index (χ1n) is 10.8. The van der Waals surface area contributed by atoms with E-state index < -0.39 is 0 Å². The minimum absolute atomic E-state index is 0.107. The Labute approximate surface area is 195 Å². The molecule has 1 aliphatic heterocycles. The SMILES string of the molecule is CCOC(=O)C1CCN(C(=O)c2sc3nc(N)c(C#N)c(-c4ccc(C)cc4)c3c2N)CC1. The van der Waals surface area contributed by atoms with Crippen molar-refractivity contribution in [3.63, 3.8) is 0 Å². The first kappa shape index (κ1) is 22.6. The topological polar surface area (TPSA) is 135 Å². The fourth-order valence-electron chi connectivity index (χ4n) is 4.17. The van der Waals surface area contributed by atoms with Crippen LogP contribution < -0.4 is 11.5 Å². The highest BCUT2D eigenvalue weighted by Crippen LogP contribution is 2.43. The van der Waals surface area contributed by atoms with E-state index in [0.717, 1.165) is 11.1 Å². The number of nitriles is 1. The number of thiophene rings is 1. The van der Waals surface area contributed by atoms with Crippen molar-refractivity contribution in [2.45, 2.75) is 26.7 Å². The van der Waals surface area contributed by atoms with Crippen LogP contribution in [-0.2, 0) is 9.53 Å². The number of aromatic nitrogens is 1. The summed E-state index contributed by atoms with van der Waals surface area (Å²) in [4.78, 5) is 32.3. The van der Waals surface area contributed by atoms with Gasteiger partial charge in [-0.3, -0.25) is 9.59 Å². The number of benzene rings is 1. The van der Waals surface area contributed by atoms with E-state index in [4.69, 9.17) is 16.2 Å². The van der Waals surface area contributed by atoms with Crippen molar-refractivity contribution in [2.24, 2.45) is 5.92 Å². The predicted molar refractivity (Wildman–Crippen MR) is 129 cm³/mol. The first-order chi connectivity index (χ1) is 15.8. The van der Waals surface area contributed by atoms with Crippen molar-refractivity contribution < 1.29 is 14.3 Å². The third kappa shape index (κ3) is 4.10. The zero-order valence-electron chi connectivity index (χ0n) is 18.6. The van der Waals surface area contributed by atoms with Crippen LogP contribution in [-0.4, -0.2) is 41.5 Å². The highest BCUT2D eigenvalue weighted by molar-refractivity contribution is 7.21. The summed E-state index contributed by atoms with van der Waals surface area (Å²) < 4.78 is 5.11. The summed E-state index contributed by atoms with van der Waals surface area (Å²) in [7, 11) is 0. The van der Waals surface area contributed by atoms with Crippen LogP contribution in [0.3, 0.4) is 0 Å². The number of hydrogen-bond acceptors (Lipinski definition) is 8. The number of pyridine rings is 1. The number of likely N-dealkylation sites (tertiary alicyclic amines) is 1. The van der Waals surface area contributed by atoms with E-state index >= 15 is 0 Å². The number of esters is 1. The molecule has 1 saturated heterocycles. The third-order valence-corrected chi connectivity index (χ3v) is 7.04. The maximum Gasteiger partial charge on any atom is 0.309 e. The molecule has 4 rings (SSSR count). The Balaban J connectivity index is 1.72. The predicted octanol–water partition coefficient (Wildman–Crippen LogP) is 3.72. The minimum atomic E-state index is -0.211. The summed E-state index contributed by atoms with van der Waals surface area (Å²) in [6.45, 7) is 5.00. The van der Waals surface area contributed by atoms with E-state index in [0.29, 0.717) is 58.9 Å². The van der Waals surface area contributed by atoms with Gasteiger partial charge in [0.1, 0.15) is 27.2 Å². The van der Waals surface area contributed by atoms with Gasteiger partial charge in [0.05, 0.1) is 18.2 Å². The highest BCUT2D eigenvalue weighted by Gasteiger charge is 2.31. The molecule has 170 valence electrons. The molecule has 0 bridgehead atoms. The molecule has 1 aliphatic rings. The Kier molecular flexibility index (Phi) is 6.20. The molecule has 1 amide bonds. The summed E-state index contributed by atoms with van der Waals surface area (Å²) in [6, 6.07) is 9.85. The molecule has 0 unspecified atom stereocenters. The number of anilines is 2. The Morgan fingerprint density at radius 1 is 1.24 bits per heavy atom. The van der Waals surface area contributed by atoms with Crippen LogP contribution in [0.2, 0.25) is 0 Å². The number of rotatable bonds is 4. The highest BCUT2D eigenvalue weighted by atomic mass is 32.1. The maximum absolute atomic E-state index is 13.3. The normalized spacial score (nSPS) is 14.3. The lowest BCUT2D eigenvalue weighted by Gasteiger charge is -2.30. The average Bonchev–Trinajstić information content (AvgIpc) is 3.14. The van der Waals surface area contributed by atoms with E-state index in [1.165, 1.54) is 11.3 Å². The van der Waals surface area contributed by atoms with Gasteiger partial charge >= 0.3 is 5.97 Å². The van der Waals surface area contributed by atoms with Crippen LogP contribution in [0.1, 0.15) is 40.6 Å². The molecule has 8 nitrogen and oxygen atoms in total. The Morgan fingerprint density at radius 2 is 1.91 bits per heavy atom. The van der Waals surface area contributed by atoms with Gasteiger partial charge in [0.15, 0.2) is 0 Å². The smallest absolute Gasteiger partial charge is 0.309 e. The molecular formula is C24H25N5O3S. The van der Waals surface area contributed by atoms with Gasteiger partial charge in [-0.15, -0.1) is 11.3 Å². The molecule has 9 heteroatoms. The fraction of sp³-hybridized carbons (Fsp3) is 0.333. The average molecular weight is 464 g/mol. The van der Waals surface area contributed by atoms with Gasteiger partial charge in [0.25, 0.3) is 5.91 Å². The Morgan fingerprint density at radius 3 is 2.52 bits per heavy atom. The van der Waals surface area contributed by atoms with Gasteiger partial charge in [-0.2, -0.15) is 5.26 Å². The molecule has 33 heavy (non-hydrogen) atoms. The second-order valence-corrected chi connectivity index (χ2v) is 9.07. The molecule has 1 fully saturated rings. The number of fused-ring (bicyclic) bond motifs is 1. The molecule has 2 aromatic heterocycles. The number of nitrogen functional groups attached to an aromatic ring is 2. The fourth-order valence-corrected chi connectivity index (χ4v) is 5.25. The van der Waals surface area contributed by atoms with Crippen molar-refractivity contribution in [3.05, 3.63) is 40.3 Å². The minimum Gasteiger partial charge on any atom is -0.466 e. The lowest BCUT2D eigenvalue weighted by Crippen LogP contribution is -2.40. The number of hydrogen-bond donors (Lipinski definition) is 2.